The van der Waals surface area contributed by atoms with Crippen LogP contribution in [0.15, 0.2) is 23.1 Å². The lowest BCUT2D eigenvalue weighted by Crippen LogP contribution is -2.19. The summed E-state index contributed by atoms with van der Waals surface area (Å²) in [4.78, 5) is 11.9. The molecule has 0 amide bonds. The maximum Gasteiger partial charge on any atom is 0.145 e. The first-order chi connectivity index (χ1) is 6.93. The highest BCUT2D eigenvalue weighted by Gasteiger charge is 2.17. The lowest BCUT2D eigenvalue weighted by molar-refractivity contribution is -0.116. The summed E-state index contributed by atoms with van der Waals surface area (Å²) >= 11 is 0. The molecule has 0 bridgehead atoms. The van der Waals surface area contributed by atoms with Gasteiger partial charge in [0.1, 0.15) is 5.78 Å². The molecular weight excluding hydrogens is 208 g/mol. The number of carbonyl (C=O) groups excluding carboxylic acids is 1. The third-order valence-electron chi connectivity index (χ3n) is 2.60. The molecule has 0 spiro atoms. The van der Waals surface area contributed by atoms with Crippen molar-refractivity contribution in [2.45, 2.75) is 37.8 Å². The van der Waals surface area contributed by atoms with E-state index in [4.69, 9.17) is 0 Å². The molecule has 0 saturated heterocycles. The molecule has 0 heterocycles. The van der Waals surface area contributed by atoms with Crippen LogP contribution in [0.25, 0.3) is 0 Å². The van der Waals surface area contributed by atoms with Crippen LogP contribution in [0.5, 0.6) is 0 Å². The van der Waals surface area contributed by atoms with Gasteiger partial charge in [0.2, 0.25) is 0 Å². The van der Waals surface area contributed by atoms with Gasteiger partial charge in [0.15, 0.2) is 0 Å². The third-order valence-corrected chi connectivity index (χ3v) is 4.30. The fraction of sp³-hybridized carbons (Fsp3) is 0.417. The van der Waals surface area contributed by atoms with Crippen molar-refractivity contribution in [3.63, 3.8) is 0 Å². The van der Waals surface area contributed by atoms with Crippen LogP contribution in [0.2, 0.25) is 0 Å². The molecule has 0 aliphatic rings. The van der Waals surface area contributed by atoms with Gasteiger partial charge in [-0.1, -0.05) is 6.07 Å². The zero-order chi connectivity index (χ0) is 11.6. The van der Waals surface area contributed by atoms with E-state index in [0.717, 1.165) is 10.5 Å². The van der Waals surface area contributed by atoms with Gasteiger partial charge < -0.3 is 0 Å². The first kappa shape index (κ1) is 12.1. The van der Waals surface area contributed by atoms with E-state index >= 15 is 0 Å². The van der Waals surface area contributed by atoms with Crippen LogP contribution in [0.3, 0.4) is 0 Å². The molecule has 15 heavy (non-hydrogen) atoms. The van der Waals surface area contributed by atoms with E-state index in [0.29, 0.717) is 0 Å². The van der Waals surface area contributed by atoms with E-state index in [-0.39, 0.29) is 5.78 Å². The van der Waals surface area contributed by atoms with Gasteiger partial charge in [-0.25, -0.2) is 0 Å². The Balaban J connectivity index is 3.02. The topological polar surface area (TPSA) is 34.1 Å². The summed E-state index contributed by atoms with van der Waals surface area (Å²) in [5.41, 5.74) is 2.28. The molecule has 0 radical (unpaired) electrons. The largest absolute Gasteiger partial charge is 0.299 e. The predicted octanol–water partition coefficient (Wildman–Crippen LogP) is 2.39. The average Bonchev–Trinajstić information content (AvgIpc) is 2.19. The molecule has 0 fully saturated rings. The third kappa shape index (κ3) is 2.75. The van der Waals surface area contributed by atoms with Crippen molar-refractivity contribution in [2.24, 2.45) is 0 Å². The number of ketones is 1. The summed E-state index contributed by atoms with van der Waals surface area (Å²) in [6.45, 7) is 7.17. The van der Waals surface area contributed by atoms with Crippen LogP contribution in [0.1, 0.15) is 25.0 Å². The quantitative estimate of drug-likeness (QED) is 0.790. The summed E-state index contributed by atoms with van der Waals surface area (Å²) in [7, 11) is -1.23. The van der Waals surface area contributed by atoms with Crippen LogP contribution >= 0.6 is 0 Å². The molecule has 2 unspecified atom stereocenters. The lowest BCUT2D eigenvalue weighted by Gasteiger charge is -2.09. The minimum Gasteiger partial charge on any atom is -0.299 e. The summed E-state index contributed by atoms with van der Waals surface area (Å²) in [5.74, 6) is -0.0356. The van der Waals surface area contributed by atoms with E-state index < -0.39 is 16.0 Å². The van der Waals surface area contributed by atoms with E-state index in [2.05, 4.69) is 0 Å². The molecule has 0 aromatic heterocycles. The molecule has 1 aromatic rings. The Kier molecular flexibility index (Phi) is 3.80. The molecule has 1 aromatic carbocycles. The van der Waals surface area contributed by atoms with Crippen molar-refractivity contribution < 1.29 is 9.00 Å². The van der Waals surface area contributed by atoms with Crippen molar-refractivity contribution in [1.29, 1.82) is 0 Å². The highest BCUT2D eigenvalue weighted by atomic mass is 32.2. The van der Waals surface area contributed by atoms with E-state index in [1.54, 1.807) is 6.92 Å². The average molecular weight is 224 g/mol. The van der Waals surface area contributed by atoms with Gasteiger partial charge in [-0.2, -0.15) is 0 Å². The Hall–Kier alpha value is -0.960. The molecular formula is C12H16O2S. The van der Waals surface area contributed by atoms with Crippen LogP contribution in [-0.2, 0) is 15.6 Å². The molecule has 0 aliphatic carbocycles. The number of hydrogen-bond acceptors (Lipinski definition) is 2. The summed E-state index contributed by atoms with van der Waals surface area (Å²) in [6.07, 6.45) is 0. The molecule has 1 rings (SSSR count). The number of hydrogen-bond donors (Lipinski definition) is 0. The maximum atomic E-state index is 11.9. The van der Waals surface area contributed by atoms with Crippen molar-refractivity contribution in [3.05, 3.63) is 29.3 Å². The fourth-order valence-electron chi connectivity index (χ4n) is 1.19. The highest BCUT2D eigenvalue weighted by molar-refractivity contribution is 7.86. The molecule has 0 N–H and O–H groups in total. The Bertz CT molecular complexity index is 410. The molecule has 0 aliphatic heterocycles. The Morgan fingerprint density at radius 2 is 1.87 bits per heavy atom. The minimum absolute atomic E-state index is 0.0356. The van der Waals surface area contributed by atoms with E-state index in [9.17, 15) is 9.00 Å². The molecule has 2 atom stereocenters. The summed E-state index contributed by atoms with van der Waals surface area (Å²) in [5, 5.41) is -0.424. The second kappa shape index (κ2) is 4.71. The van der Waals surface area contributed by atoms with Crippen molar-refractivity contribution in [1.82, 2.24) is 0 Å². The van der Waals surface area contributed by atoms with Gasteiger partial charge >= 0.3 is 0 Å². The minimum atomic E-state index is -1.23. The molecule has 82 valence electrons. The van der Waals surface area contributed by atoms with Gasteiger partial charge in [0.25, 0.3) is 0 Å². The first-order valence-electron chi connectivity index (χ1n) is 4.91. The highest BCUT2D eigenvalue weighted by Crippen LogP contribution is 2.16. The zero-order valence-corrected chi connectivity index (χ0v) is 10.4. The second-order valence-corrected chi connectivity index (χ2v) is 5.57. The van der Waals surface area contributed by atoms with Crippen molar-refractivity contribution in [2.75, 3.05) is 0 Å². The lowest BCUT2D eigenvalue weighted by atomic mass is 10.1. The van der Waals surface area contributed by atoms with Gasteiger partial charge in [0.05, 0.1) is 16.0 Å². The zero-order valence-electron chi connectivity index (χ0n) is 9.53. The second-order valence-electron chi connectivity index (χ2n) is 3.80. The van der Waals surface area contributed by atoms with Gasteiger partial charge in [0, 0.05) is 4.90 Å². The van der Waals surface area contributed by atoms with Crippen LogP contribution < -0.4 is 0 Å². The van der Waals surface area contributed by atoms with Crippen molar-refractivity contribution in [3.8, 4) is 0 Å². The number of aryl methyl sites for hydroxylation is 2. The van der Waals surface area contributed by atoms with E-state index in [1.165, 1.54) is 12.5 Å². The smallest absolute Gasteiger partial charge is 0.145 e. The normalized spacial score (nSPS) is 14.7. The molecule has 3 heteroatoms. The van der Waals surface area contributed by atoms with Crippen LogP contribution in [0, 0.1) is 13.8 Å². The van der Waals surface area contributed by atoms with Crippen LogP contribution in [-0.4, -0.2) is 15.2 Å². The van der Waals surface area contributed by atoms with E-state index in [1.807, 2.05) is 32.0 Å². The number of carbonyl (C=O) groups is 1. The van der Waals surface area contributed by atoms with Gasteiger partial charge in [-0.3, -0.25) is 9.00 Å². The van der Waals surface area contributed by atoms with Gasteiger partial charge in [-0.05, 0) is 51.0 Å². The standard InChI is InChI=1S/C12H16O2S/c1-8-5-6-12(7-9(8)2)15(14)11(4)10(3)13/h5-7,11H,1-4H3. The number of benzene rings is 1. The van der Waals surface area contributed by atoms with Crippen molar-refractivity contribution >= 4 is 16.6 Å². The SMILES string of the molecule is CC(=O)C(C)S(=O)c1ccc(C)c(C)c1. The summed E-state index contributed by atoms with van der Waals surface area (Å²) < 4.78 is 11.9. The molecule has 2 nitrogen and oxygen atoms in total. The Morgan fingerprint density at radius 1 is 1.27 bits per heavy atom. The number of rotatable bonds is 3. The summed E-state index contributed by atoms with van der Waals surface area (Å²) in [6, 6.07) is 5.66. The fourth-order valence-corrected chi connectivity index (χ4v) is 2.40. The molecule has 0 saturated carbocycles. The first-order valence-corrected chi connectivity index (χ1v) is 6.13. The van der Waals surface area contributed by atoms with Crippen LogP contribution in [0.4, 0.5) is 0 Å². The monoisotopic (exact) mass is 224 g/mol. The Morgan fingerprint density at radius 3 is 2.33 bits per heavy atom. The maximum absolute atomic E-state index is 11.9. The number of Topliss-reactive ketones (excluding diaryl/α,β-unsaturated/α-hetero) is 1. The predicted molar refractivity (Wildman–Crippen MR) is 62.5 cm³/mol. The van der Waals surface area contributed by atoms with Gasteiger partial charge in [-0.15, -0.1) is 0 Å². The Labute approximate surface area is 93.2 Å².